The molecule has 1 aliphatic carbocycles. The molecule has 60 valence electrons. The van der Waals surface area contributed by atoms with Gasteiger partial charge in [0.15, 0.2) is 0 Å². The summed E-state index contributed by atoms with van der Waals surface area (Å²) in [4.78, 5) is 0. The van der Waals surface area contributed by atoms with Crippen LogP contribution in [0.5, 0.6) is 0 Å². The Kier molecular flexibility index (Phi) is 1.37. The van der Waals surface area contributed by atoms with Crippen LogP contribution in [-0.4, -0.2) is 9.78 Å². The van der Waals surface area contributed by atoms with Crippen LogP contribution in [0.15, 0.2) is 6.07 Å². The standard InChI is InChI=1S/C8H13N3/c1-11-7(5-8(9)10-11)6-3-2-4-6/h5-6H,2-4H2,1H3,(H2,9,10). The molecule has 0 saturated heterocycles. The Morgan fingerprint density at radius 2 is 2.36 bits per heavy atom. The summed E-state index contributed by atoms with van der Waals surface area (Å²) in [6.45, 7) is 0. The first-order valence-electron chi connectivity index (χ1n) is 4.07. The Hall–Kier alpha value is -0.990. The zero-order chi connectivity index (χ0) is 7.84. The third-order valence-electron chi connectivity index (χ3n) is 2.46. The molecule has 1 aliphatic rings. The normalized spacial score (nSPS) is 18.3. The van der Waals surface area contributed by atoms with Gasteiger partial charge >= 0.3 is 0 Å². The summed E-state index contributed by atoms with van der Waals surface area (Å²) >= 11 is 0. The molecule has 0 bridgehead atoms. The van der Waals surface area contributed by atoms with Crippen LogP contribution in [0, 0.1) is 0 Å². The molecule has 1 saturated carbocycles. The average Bonchev–Trinajstić information content (AvgIpc) is 2.07. The Bertz CT molecular complexity index is 260. The second-order valence-electron chi connectivity index (χ2n) is 3.25. The van der Waals surface area contributed by atoms with Crippen molar-refractivity contribution in [1.82, 2.24) is 9.78 Å². The number of aromatic nitrogens is 2. The van der Waals surface area contributed by atoms with Crippen molar-refractivity contribution in [2.45, 2.75) is 25.2 Å². The summed E-state index contributed by atoms with van der Waals surface area (Å²) in [5.41, 5.74) is 6.86. The molecule has 0 spiro atoms. The first-order valence-corrected chi connectivity index (χ1v) is 4.07. The fourth-order valence-electron chi connectivity index (χ4n) is 1.59. The van der Waals surface area contributed by atoms with E-state index in [0.29, 0.717) is 5.82 Å². The lowest BCUT2D eigenvalue weighted by atomic mass is 9.83. The van der Waals surface area contributed by atoms with Gasteiger partial charge in [-0.1, -0.05) is 6.42 Å². The number of nitrogens with zero attached hydrogens (tertiary/aromatic N) is 2. The van der Waals surface area contributed by atoms with Gasteiger partial charge in [-0.05, 0) is 12.8 Å². The van der Waals surface area contributed by atoms with Gasteiger partial charge in [-0.2, -0.15) is 5.10 Å². The van der Waals surface area contributed by atoms with E-state index in [1.165, 1.54) is 25.0 Å². The van der Waals surface area contributed by atoms with E-state index in [2.05, 4.69) is 5.10 Å². The van der Waals surface area contributed by atoms with E-state index in [-0.39, 0.29) is 0 Å². The Morgan fingerprint density at radius 3 is 2.73 bits per heavy atom. The minimum Gasteiger partial charge on any atom is -0.382 e. The van der Waals surface area contributed by atoms with Crippen molar-refractivity contribution in [2.24, 2.45) is 7.05 Å². The van der Waals surface area contributed by atoms with Gasteiger partial charge in [0.05, 0.1) is 0 Å². The molecule has 1 aromatic rings. The molecule has 0 aliphatic heterocycles. The van der Waals surface area contributed by atoms with E-state index < -0.39 is 0 Å². The third-order valence-corrected chi connectivity index (χ3v) is 2.46. The van der Waals surface area contributed by atoms with Crippen molar-refractivity contribution in [2.75, 3.05) is 5.73 Å². The highest BCUT2D eigenvalue weighted by Crippen LogP contribution is 2.36. The molecule has 0 aromatic carbocycles. The number of rotatable bonds is 1. The summed E-state index contributed by atoms with van der Waals surface area (Å²) in [5.74, 6) is 1.37. The van der Waals surface area contributed by atoms with E-state index in [0.717, 1.165) is 5.92 Å². The van der Waals surface area contributed by atoms with Crippen LogP contribution in [0.1, 0.15) is 30.9 Å². The SMILES string of the molecule is Cn1nc(N)cc1C1CCC1. The number of hydrogen-bond donors (Lipinski definition) is 1. The molecule has 1 heterocycles. The topological polar surface area (TPSA) is 43.8 Å². The Balaban J connectivity index is 2.28. The maximum Gasteiger partial charge on any atom is 0.145 e. The molecular formula is C8H13N3. The van der Waals surface area contributed by atoms with Gasteiger partial charge in [-0.3, -0.25) is 4.68 Å². The molecule has 3 nitrogen and oxygen atoms in total. The number of hydrogen-bond acceptors (Lipinski definition) is 2. The summed E-state index contributed by atoms with van der Waals surface area (Å²) in [6, 6.07) is 1.99. The van der Waals surface area contributed by atoms with Crippen LogP contribution >= 0.6 is 0 Å². The van der Waals surface area contributed by atoms with Crippen molar-refractivity contribution >= 4 is 5.82 Å². The van der Waals surface area contributed by atoms with Gasteiger partial charge in [-0.25, -0.2) is 0 Å². The lowest BCUT2D eigenvalue weighted by molar-refractivity contribution is 0.397. The largest absolute Gasteiger partial charge is 0.382 e. The quantitative estimate of drug-likeness (QED) is 0.656. The predicted molar refractivity (Wildman–Crippen MR) is 44.2 cm³/mol. The van der Waals surface area contributed by atoms with E-state index in [9.17, 15) is 0 Å². The monoisotopic (exact) mass is 151 g/mol. The van der Waals surface area contributed by atoms with Crippen molar-refractivity contribution in [3.63, 3.8) is 0 Å². The zero-order valence-electron chi connectivity index (χ0n) is 6.75. The van der Waals surface area contributed by atoms with E-state index in [1.807, 2.05) is 17.8 Å². The lowest BCUT2D eigenvalue weighted by Crippen LogP contribution is -2.12. The Morgan fingerprint density at radius 1 is 1.64 bits per heavy atom. The molecule has 2 rings (SSSR count). The molecular weight excluding hydrogens is 138 g/mol. The fraction of sp³-hybridized carbons (Fsp3) is 0.625. The second-order valence-corrected chi connectivity index (χ2v) is 3.25. The minimum atomic E-state index is 0.648. The molecule has 1 fully saturated rings. The predicted octanol–water partition coefficient (Wildman–Crippen LogP) is 1.27. The van der Waals surface area contributed by atoms with E-state index in [1.54, 1.807) is 0 Å². The van der Waals surface area contributed by atoms with Crippen molar-refractivity contribution in [3.05, 3.63) is 11.8 Å². The molecule has 0 amide bonds. The molecule has 3 heteroatoms. The maximum absolute atomic E-state index is 5.56. The first-order chi connectivity index (χ1) is 5.27. The summed E-state index contributed by atoms with van der Waals surface area (Å²) in [7, 11) is 1.96. The number of nitrogens with two attached hydrogens (primary N) is 1. The second kappa shape index (κ2) is 2.26. The highest BCUT2D eigenvalue weighted by molar-refractivity contribution is 5.31. The van der Waals surface area contributed by atoms with Crippen molar-refractivity contribution in [3.8, 4) is 0 Å². The van der Waals surface area contributed by atoms with Crippen LogP contribution < -0.4 is 5.73 Å². The zero-order valence-corrected chi connectivity index (χ0v) is 6.75. The molecule has 1 aromatic heterocycles. The number of aryl methyl sites for hydroxylation is 1. The highest BCUT2D eigenvalue weighted by Gasteiger charge is 2.22. The van der Waals surface area contributed by atoms with Crippen LogP contribution in [0.3, 0.4) is 0 Å². The van der Waals surface area contributed by atoms with E-state index >= 15 is 0 Å². The van der Waals surface area contributed by atoms with Gasteiger partial charge in [0.2, 0.25) is 0 Å². The highest BCUT2D eigenvalue weighted by atomic mass is 15.3. The van der Waals surface area contributed by atoms with E-state index in [4.69, 9.17) is 5.73 Å². The average molecular weight is 151 g/mol. The summed E-state index contributed by atoms with van der Waals surface area (Å²) in [5, 5.41) is 4.11. The summed E-state index contributed by atoms with van der Waals surface area (Å²) in [6.07, 6.45) is 3.97. The number of anilines is 1. The number of nitrogen functional groups attached to an aromatic ring is 1. The third kappa shape index (κ3) is 1.00. The van der Waals surface area contributed by atoms with Gasteiger partial charge in [0, 0.05) is 24.7 Å². The van der Waals surface area contributed by atoms with Gasteiger partial charge in [0.1, 0.15) is 5.82 Å². The molecule has 0 atom stereocenters. The van der Waals surface area contributed by atoms with Gasteiger partial charge in [-0.15, -0.1) is 0 Å². The maximum atomic E-state index is 5.56. The van der Waals surface area contributed by atoms with Crippen molar-refractivity contribution < 1.29 is 0 Å². The van der Waals surface area contributed by atoms with Gasteiger partial charge in [0.25, 0.3) is 0 Å². The van der Waals surface area contributed by atoms with Crippen LogP contribution in [0.2, 0.25) is 0 Å². The van der Waals surface area contributed by atoms with Gasteiger partial charge < -0.3 is 5.73 Å². The Labute approximate surface area is 66.2 Å². The van der Waals surface area contributed by atoms with Crippen LogP contribution in [-0.2, 0) is 7.05 Å². The lowest BCUT2D eigenvalue weighted by Gasteiger charge is -2.24. The van der Waals surface area contributed by atoms with Crippen LogP contribution in [0.25, 0.3) is 0 Å². The smallest absolute Gasteiger partial charge is 0.145 e. The molecule has 0 radical (unpaired) electrons. The van der Waals surface area contributed by atoms with Crippen LogP contribution in [0.4, 0.5) is 5.82 Å². The first kappa shape index (κ1) is 6.70. The van der Waals surface area contributed by atoms with Crippen molar-refractivity contribution in [1.29, 1.82) is 0 Å². The fourth-order valence-corrected chi connectivity index (χ4v) is 1.59. The minimum absolute atomic E-state index is 0.648. The molecule has 2 N–H and O–H groups in total. The molecule has 11 heavy (non-hydrogen) atoms. The molecule has 0 unspecified atom stereocenters. The summed E-state index contributed by atoms with van der Waals surface area (Å²) < 4.78 is 1.90.